The lowest BCUT2D eigenvalue weighted by Crippen LogP contribution is -2.07. The summed E-state index contributed by atoms with van der Waals surface area (Å²) in [7, 11) is 0. The van der Waals surface area contributed by atoms with Crippen LogP contribution in [-0.4, -0.2) is 17.6 Å². The maximum Gasteiger partial charge on any atom is 0.341 e. The monoisotopic (exact) mass is 447 g/mol. The topological polar surface area (TPSA) is 39.2 Å². The van der Waals surface area contributed by atoms with Crippen molar-refractivity contribution in [2.24, 2.45) is 0 Å². The van der Waals surface area contributed by atoms with Gasteiger partial charge in [0.1, 0.15) is 10.7 Å². The molecule has 0 amide bonds. The number of carbonyl (C=O) groups excluding carboxylic acids is 1. The highest BCUT2D eigenvalue weighted by molar-refractivity contribution is 6.38. The number of hydrogen-bond acceptors (Lipinski definition) is 3. The van der Waals surface area contributed by atoms with Crippen molar-refractivity contribution in [3.63, 3.8) is 0 Å². The Hall–Kier alpha value is -2.40. The number of rotatable bonds is 3. The van der Waals surface area contributed by atoms with Crippen molar-refractivity contribution in [3.8, 4) is 11.1 Å². The summed E-state index contributed by atoms with van der Waals surface area (Å²) >= 11 is 19.0. The van der Waals surface area contributed by atoms with E-state index in [0.29, 0.717) is 21.4 Å². The predicted molar refractivity (Wildman–Crippen MR) is 116 cm³/mol. The summed E-state index contributed by atoms with van der Waals surface area (Å²) in [5, 5.41) is 2.40. The predicted octanol–water partition coefficient (Wildman–Crippen LogP) is 7.33. The Balaban J connectivity index is 2.01. The quantitative estimate of drug-likeness (QED) is 0.243. The fourth-order valence-corrected chi connectivity index (χ4v) is 4.13. The molecule has 0 atom stereocenters. The molecule has 146 valence electrons. The number of nitrogens with zero attached hydrogens (tertiary/aromatic N) is 1. The van der Waals surface area contributed by atoms with Gasteiger partial charge in [0.25, 0.3) is 0 Å². The van der Waals surface area contributed by atoms with Crippen molar-refractivity contribution >= 4 is 62.4 Å². The molecular formula is C22H13Cl3FNO2. The van der Waals surface area contributed by atoms with Crippen LogP contribution in [0.25, 0.3) is 32.8 Å². The number of hydrogen-bond donors (Lipinski definition) is 0. The van der Waals surface area contributed by atoms with E-state index >= 15 is 4.39 Å². The lowest BCUT2D eigenvalue weighted by atomic mass is 9.96. The maximum atomic E-state index is 15.6. The molecule has 0 saturated heterocycles. The fourth-order valence-electron chi connectivity index (χ4n) is 3.33. The zero-order valence-corrected chi connectivity index (χ0v) is 17.4. The third-order valence-corrected chi connectivity index (χ3v) is 5.47. The zero-order valence-electron chi connectivity index (χ0n) is 15.1. The second kappa shape index (κ2) is 7.79. The Kier molecular flexibility index (Phi) is 5.34. The van der Waals surface area contributed by atoms with Gasteiger partial charge in [0.05, 0.1) is 17.2 Å². The summed E-state index contributed by atoms with van der Waals surface area (Å²) in [6, 6.07) is 13.9. The van der Waals surface area contributed by atoms with Crippen molar-refractivity contribution in [3.05, 3.63) is 75.1 Å². The Morgan fingerprint density at radius 3 is 2.48 bits per heavy atom. The molecule has 0 aliphatic rings. The molecule has 1 aromatic heterocycles. The van der Waals surface area contributed by atoms with Crippen molar-refractivity contribution in [2.75, 3.05) is 6.61 Å². The number of esters is 1. The number of ether oxygens (including phenoxy) is 1. The maximum absolute atomic E-state index is 15.6. The van der Waals surface area contributed by atoms with E-state index in [-0.39, 0.29) is 33.4 Å². The first-order chi connectivity index (χ1) is 13.9. The normalized spacial score (nSPS) is 11.2. The summed E-state index contributed by atoms with van der Waals surface area (Å²) in [6.45, 7) is 1.86. The van der Waals surface area contributed by atoms with Crippen LogP contribution in [0.2, 0.25) is 15.2 Å². The summed E-state index contributed by atoms with van der Waals surface area (Å²) in [5.41, 5.74) is 0.777. The Morgan fingerprint density at radius 1 is 1.03 bits per heavy atom. The molecule has 0 spiro atoms. The minimum Gasteiger partial charge on any atom is -0.462 e. The lowest BCUT2D eigenvalue weighted by molar-refractivity contribution is 0.0526. The van der Waals surface area contributed by atoms with Gasteiger partial charge in [-0.25, -0.2) is 14.2 Å². The van der Waals surface area contributed by atoms with Crippen LogP contribution in [0.1, 0.15) is 17.3 Å². The average molecular weight is 449 g/mol. The molecule has 0 saturated carbocycles. The Bertz CT molecular complexity index is 1290. The van der Waals surface area contributed by atoms with Crippen LogP contribution < -0.4 is 0 Å². The van der Waals surface area contributed by atoms with E-state index in [1.54, 1.807) is 31.2 Å². The summed E-state index contributed by atoms with van der Waals surface area (Å²) in [5.74, 6) is -1.27. The van der Waals surface area contributed by atoms with E-state index in [0.717, 1.165) is 5.39 Å². The van der Waals surface area contributed by atoms with Gasteiger partial charge < -0.3 is 4.74 Å². The van der Waals surface area contributed by atoms with Gasteiger partial charge in [-0.2, -0.15) is 0 Å². The lowest BCUT2D eigenvalue weighted by Gasteiger charge is -2.14. The molecule has 3 nitrogen and oxygen atoms in total. The third kappa shape index (κ3) is 3.42. The molecule has 0 fully saturated rings. The van der Waals surface area contributed by atoms with Gasteiger partial charge in [-0.15, -0.1) is 0 Å². The van der Waals surface area contributed by atoms with Gasteiger partial charge in [-0.05, 0) is 36.1 Å². The summed E-state index contributed by atoms with van der Waals surface area (Å²) in [6.07, 6.45) is 0. The molecule has 0 bridgehead atoms. The molecule has 0 aliphatic carbocycles. The van der Waals surface area contributed by atoms with Crippen LogP contribution in [0.5, 0.6) is 0 Å². The number of fused-ring (bicyclic) bond motifs is 2. The van der Waals surface area contributed by atoms with Crippen LogP contribution >= 0.6 is 34.8 Å². The van der Waals surface area contributed by atoms with E-state index in [1.165, 1.54) is 6.07 Å². The van der Waals surface area contributed by atoms with Gasteiger partial charge in [-0.3, -0.25) is 0 Å². The van der Waals surface area contributed by atoms with Crippen molar-refractivity contribution < 1.29 is 13.9 Å². The molecule has 0 radical (unpaired) electrons. The van der Waals surface area contributed by atoms with Gasteiger partial charge in [-0.1, -0.05) is 65.1 Å². The van der Waals surface area contributed by atoms with Crippen LogP contribution in [0.15, 0.2) is 48.5 Å². The minimum absolute atomic E-state index is 0.00602. The van der Waals surface area contributed by atoms with Crippen molar-refractivity contribution in [1.29, 1.82) is 0 Å². The second-order valence-corrected chi connectivity index (χ2v) is 7.48. The first kappa shape index (κ1) is 19.9. The zero-order chi connectivity index (χ0) is 20.7. The van der Waals surface area contributed by atoms with E-state index < -0.39 is 11.8 Å². The van der Waals surface area contributed by atoms with Gasteiger partial charge in [0, 0.05) is 21.4 Å². The second-order valence-electron chi connectivity index (χ2n) is 6.31. The molecule has 3 aromatic carbocycles. The highest BCUT2D eigenvalue weighted by atomic mass is 35.5. The molecule has 0 aliphatic heterocycles. The van der Waals surface area contributed by atoms with Gasteiger partial charge >= 0.3 is 5.97 Å². The summed E-state index contributed by atoms with van der Waals surface area (Å²) < 4.78 is 20.5. The number of pyridine rings is 1. The van der Waals surface area contributed by atoms with Gasteiger partial charge in [0.2, 0.25) is 0 Å². The third-order valence-electron chi connectivity index (χ3n) is 4.57. The summed E-state index contributed by atoms with van der Waals surface area (Å²) in [4.78, 5) is 16.2. The first-order valence-electron chi connectivity index (χ1n) is 8.75. The Labute approximate surface area is 181 Å². The molecule has 0 unspecified atom stereocenters. The number of halogens is 4. The van der Waals surface area contributed by atoms with Crippen molar-refractivity contribution in [2.45, 2.75) is 6.92 Å². The van der Waals surface area contributed by atoms with Crippen molar-refractivity contribution in [1.82, 2.24) is 4.98 Å². The minimum atomic E-state index is -0.641. The average Bonchev–Trinajstić information content (AvgIpc) is 2.69. The molecule has 7 heteroatoms. The Morgan fingerprint density at radius 2 is 1.76 bits per heavy atom. The highest BCUT2D eigenvalue weighted by Crippen LogP contribution is 2.41. The molecular weight excluding hydrogens is 436 g/mol. The molecule has 29 heavy (non-hydrogen) atoms. The SMILES string of the molecule is CCOC(=O)c1cc2cc(Cl)c(-c3cccc4cccc(Cl)c34)c(F)c2nc1Cl. The number of carbonyl (C=O) groups is 1. The van der Waals surface area contributed by atoms with E-state index in [2.05, 4.69) is 4.98 Å². The van der Waals surface area contributed by atoms with Crippen LogP contribution in [0.4, 0.5) is 4.39 Å². The largest absolute Gasteiger partial charge is 0.462 e. The van der Waals surface area contributed by atoms with E-state index in [9.17, 15) is 4.79 Å². The highest BCUT2D eigenvalue weighted by Gasteiger charge is 2.21. The smallest absolute Gasteiger partial charge is 0.341 e. The number of benzene rings is 3. The van der Waals surface area contributed by atoms with Crippen LogP contribution in [-0.2, 0) is 4.74 Å². The van der Waals surface area contributed by atoms with E-state index in [1.807, 2.05) is 18.2 Å². The molecule has 1 heterocycles. The first-order valence-corrected chi connectivity index (χ1v) is 9.88. The number of aromatic nitrogens is 1. The van der Waals surface area contributed by atoms with Crippen LogP contribution in [0.3, 0.4) is 0 Å². The van der Waals surface area contributed by atoms with E-state index in [4.69, 9.17) is 39.5 Å². The molecule has 4 aromatic rings. The fraction of sp³-hybridized carbons (Fsp3) is 0.0909. The molecule has 0 N–H and O–H groups in total. The van der Waals surface area contributed by atoms with Gasteiger partial charge in [0.15, 0.2) is 5.82 Å². The standard InChI is InChI=1S/C22H13Cl3FNO2/c1-2-29-22(28)14-9-12-10-16(24)18(19(26)20(12)27-21(14)25)13-7-3-5-11-6-4-8-15(23)17(11)13/h3-10H,2H2,1H3. The van der Waals surface area contributed by atoms with Crippen LogP contribution in [0, 0.1) is 5.82 Å². The molecule has 4 rings (SSSR count).